The molecule has 5 heteroatoms. The summed E-state index contributed by atoms with van der Waals surface area (Å²) in [6.07, 6.45) is 0.255. The molecule has 16 heavy (non-hydrogen) atoms. The van der Waals surface area contributed by atoms with Crippen molar-refractivity contribution in [3.05, 3.63) is 22.4 Å². The first-order valence-corrected chi connectivity index (χ1v) is 5.76. The Balaban J connectivity index is 2.71. The normalized spacial score (nSPS) is 11.2. The number of carboxylic acid groups (broad SMARTS) is 1. The zero-order valence-corrected chi connectivity index (χ0v) is 10.4. The summed E-state index contributed by atoms with van der Waals surface area (Å²) in [5, 5.41) is 10.9. The van der Waals surface area contributed by atoms with Crippen molar-refractivity contribution in [1.29, 1.82) is 0 Å². The molecule has 1 rings (SSSR count). The average Bonchev–Trinajstić information content (AvgIpc) is 2.68. The Kier molecular flexibility index (Phi) is 3.70. The van der Waals surface area contributed by atoms with Gasteiger partial charge in [0.15, 0.2) is 0 Å². The topological polar surface area (TPSA) is 57.6 Å². The van der Waals surface area contributed by atoms with Crippen LogP contribution in [0.25, 0.3) is 0 Å². The van der Waals surface area contributed by atoms with Gasteiger partial charge in [0, 0.05) is 11.9 Å². The predicted molar refractivity (Wildman–Crippen MR) is 62.5 cm³/mol. The third-order valence-electron chi connectivity index (χ3n) is 2.64. The van der Waals surface area contributed by atoms with E-state index in [1.165, 1.54) is 37.1 Å². The highest BCUT2D eigenvalue weighted by atomic mass is 32.1. The van der Waals surface area contributed by atoms with Crippen LogP contribution in [0.2, 0.25) is 0 Å². The molecule has 0 aromatic carbocycles. The number of rotatable bonds is 4. The van der Waals surface area contributed by atoms with Gasteiger partial charge in [-0.1, -0.05) is 6.07 Å². The molecule has 1 amide bonds. The van der Waals surface area contributed by atoms with E-state index < -0.39 is 11.5 Å². The lowest BCUT2D eigenvalue weighted by Crippen LogP contribution is -2.51. The molecular weight excluding hydrogens is 226 g/mol. The molecule has 0 unspecified atom stereocenters. The van der Waals surface area contributed by atoms with E-state index in [1.54, 1.807) is 0 Å². The lowest BCUT2D eigenvalue weighted by Gasteiger charge is -2.31. The molecule has 0 radical (unpaired) electrons. The second kappa shape index (κ2) is 4.65. The number of thiophene rings is 1. The fraction of sp³-hybridized carbons (Fsp3) is 0.455. The first-order valence-electron chi connectivity index (χ1n) is 4.88. The van der Waals surface area contributed by atoms with Crippen LogP contribution in [0.3, 0.4) is 0 Å². The molecule has 0 spiro atoms. The first kappa shape index (κ1) is 12.7. The van der Waals surface area contributed by atoms with Crippen molar-refractivity contribution in [2.75, 3.05) is 7.05 Å². The number of aliphatic carboxylic acids is 1. The highest BCUT2D eigenvalue weighted by molar-refractivity contribution is 7.10. The fourth-order valence-electron chi connectivity index (χ4n) is 1.14. The molecule has 0 aliphatic heterocycles. The molecule has 4 nitrogen and oxygen atoms in total. The van der Waals surface area contributed by atoms with Gasteiger partial charge in [-0.2, -0.15) is 0 Å². The van der Waals surface area contributed by atoms with Crippen LogP contribution in [0.4, 0.5) is 0 Å². The zero-order chi connectivity index (χ0) is 12.3. The summed E-state index contributed by atoms with van der Waals surface area (Å²) in [5.74, 6) is -1.19. The van der Waals surface area contributed by atoms with E-state index >= 15 is 0 Å². The Morgan fingerprint density at radius 3 is 2.56 bits per heavy atom. The summed E-state index contributed by atoms with van der Waals surface area (Å²) in [6, 6.07) is 3.74. The minimum Gasteiger partial charge on any atom is -0.480 e. The van der Waals surface area contributed by atoms with Gasteiger partial charge in [-0.15, -0.1) is 11.3 Å². The number of hydrogen-bond acceptors (Lipinski definition) is 3. The van der Waals surface area contributed by atoms with Gasteiger partial charge in [-0.3, -0.25) is 4.79 Å². The van der Waals surface area contributed by atoms with Crippen LogP contribution in [0.1, 0.15) is 18.7 Å². The van der Waals surface area contributed by atoms with E-state index in [0.717, 1.165) is 4.88 Å². The van der Waals surface area contributed by atoms with Crippen LogP contribution in [0, 0.1) is 0 Å². The minimum absolute atomic E-state index is 0.185. The van der Waals surface area contributed by atoms with Crippen molar-refractivity contribution >= 4 is 23.2 Å². The van der Waals surface area contributed by atoms with Crippen molar-refractivity contribution in [2.24, 2.45) is 0 Å². The summed E-state index contributed by atoms with van der Waals surface area (Å²) in [4.78, 5) is 25.0. The molecule has 0 atom stereocenters. The number of nitrogens with zero attached hydrogens (tertiary/aromatic N) is 1. The zero-order valence-electron chi connectivity index (χ0n) is 9.56. The molecule has 1 N–H and O–H groups in total. The van der Waals surface area contributed by atoms with E-state index in [0.29, 0.717) is 0 Å². The molecule has 88 valence electrons. The molecule has 0 aliphatic carbocycles. The lowest BCUT2D eigenvalue weighted by molar-refractivity contribution is -0.155. The molecule has 0 fully saturated rings. The molecule has 1 heterocycles. The highest BCUT2D eigenvalue weighted by Gasteiger charge is 2.34. The van der Waals surface area contributed by atoms with Crippen molar-refractivity contribution in [3.63, 3.8) is 0 Å². The second-order valence-electron chi connectivity index (χ2n) is 4.07. The summed E-state index contributed by atoms with van der Waals surface area (Å²) in [6.45, 7) is 3.03. The van der Waals surface area contributed by atoms with E-state index in [4.69, 9.17) is 5.11 Å². The number of hydrogen-bond donors (Lipinski definition) is 1. The Morgan fingerprint density at radius 1 is 1.50 bits per heavy atom. The predicted octanol–water partition coefficient (Wildman–Crippen LogP) is 1.61. The number of carbonyl (C=O) groups is 2. The molecule has 0 saturated heterocycles. The third kappa shape index (κ3) is 2.61. The second-order valence-corrected chi connectivity index (χ2v) is 5.11. The quantitative estimate of drug-likeness (QED) is 0.871. The van der Waals surface area contributed by atoms with Crippen molar-refractivity contribution < 1.29 is 14.7 Å². The molecule has 0 bridgehead atoms. The van der Waals surface area contributed by atoms with E-state index in [2.05, 4.69) is 0 Å². The number of likely N-dealkylation sites (N-methyl/N-ethyl adjacent to an activating group) is 1. The maximum Gasteiger partial charge on any atom is 0.329 e. The highest BCUT2D eigenvalue weighted by Crippen LogP contribution is 2.16. The van der Waals surface area contributed by atoms with Gasteiger partial charge in [0.2, 0.25) is 5.91 Å². The average molecular weight is 241 g/mol. The van der Waals surface area contributed by atoms with Crippen LogP contribution in [-0.2, 0) is 16.0 Å². The number of carbonyl (C=O) groups excluding carboxylic acids is 1. The molecule has 1 aromatic rings. The van der Waals surface area contributed by atoms with Crippen LogP contribution in [0.5, 0.6) is 0 Å². The monoisotopic (exact) mass is 241 g/mol. The van der Waals surface area contributed by atoms with Gasteiger partial charge in [0.05, 0.1) is 6.42 Å². The number of amides is 1. The Hall–Kier alpha value is -1.36. The van der Waals surface area contributed by atoms with E-state index in [9.17, 15) is 9.59 Å². The third-order valence-corrected chi connectivity index (χ3v) is 3.52. The molecule has 0 saturated carbocycles. The molecule has 1 aromatic heterocycles. The Labute approximate surface area is 98.5 Å². The van der Waals surface area contributed by atoms with Crippen LogP contribution < -0.4 is 0 Å². The maximum atomic E-state index is 11.8. The summed E-state index contributed by atoms with van der Waals surface area (Å²) >= 11 is 1.49. The maximum absolute atomic E-state index is 11.8. The van der Waals surface area contributed by atoms with Crippen LogP contribution >= 0.6 is 11.3 Å². The van der Waals surface area contributed by atoms with E-state index in [1.807, 2.05) is 17.5 Å². The summed E-state index contributed by atoms with van der Waals surface area (Å²) < 4.78 is 0. The SMILES string of the molecule is CN(C(=O)Cc1cccs1)C(C)(C)C(=O)O. The fourth-order valence-corrected chi connectivity index (χ4v) is 1.83. The molecular formula is C11H15NO3S. The largest absolute Gasteiger partial charge is 0.480 e. The summed E-state index contributed by atoms with van der Waals surface area (Å²) in [5.41, 5.74) is -1.17. The smallest absolute Gasteiger partial charge is 0.329 e. The van der Waals surface area contributed by atoms with Crippen molar-refractivity contribution in [3.8, 4) is 0 Å². The van der Waals surface area contributed by atoms with Gasteiger partial charge in [0.1, 0.15) is 5.54 Å². The van der Waals surface area contributed by atoms with Crippen molar-refractivity contribution in [2.45, 2.75) is 25.8 Å². The van der Waals surface area contributed by atoms with E-state index in [-0.39, 0.29) is 12.3 Å². The minimum atomic E-state index is -1.17. The standard InChI is InChI=1S/C11H15NO3S/c1-11(2,10(14)15)12(3)9(13)7-8-5-4-6-16-8/h4-6H,7H2,1-3H3,(H,14,15). The Bertz CT molecular complexity index is 384. The van der Waals surface area contributed by atoms with Gasteiger partial charge >= 0.3 is 5.97 Å². The number of carboxylic acids is 1. The van der Waals surface area contributed by atoms with Crippen LogP contribution in [-0.4, -0.2) is 34.5 Å². The van der Waals surface area contributed by atoms with Gasteiger partial charge in [-0.25, -0.2) is 4.79 Å². The molecule has 0 aliphatic rings. The van der Waals surface area contributed by atoms with Gasteiger partial charge in [-0.05, 0) is 25.3 Å². The Morgan fingerprint density at radius 2 is 2.12 bits per heavy atom. The van der Waals surface area contributed by atoms with Gasteiger partial charge in [0.25, 0.3) is 0 Å². The van der Waals surface area contributed by atoms with Crippen LogP contribution in [0.15, 0.2) is 17.5 Å². The van der Waals surface area contributed by atoms with Gasteiger partial charge < -0.3 is 10.0 Å². The van der Waals surface area contributed by atoms with Crippen molar-refractivity contribution in [1.82, 2.24) is 4.90 Å². The first-order chi connectivity index (χ1) is 7.35. The summed E-state index contributed by atoms with van der Waals surface area (Å²) in [7, 11) is 1.52. The lowest BCUT2D eigenvalue weighted by atomic mass is 10.0.